The zero-order chi connectivity index (χ0) is 37.4. The molecule has 0 aliphatic carbocycles. The van der Waals surface area contributed by atoms with Crippen molar-refractivity contribution in [3.05, 3.63) is 53.9 Å². The number of aromatic nitrogens is 1. The molecule has 0 saturated carbocycles. The number of hydrogen-bond donors (Lipinski definition) is 1. The number of hydrogen-bond acceptors (Lipinski definition) is 12. The Bertz CT molecular complexity index is 1520. The van der Waals surface area contributed by atoms with Gasteiger partial charge in [0.05, 0.1) is 18.9 Å². The fourth-order valence-electron chi connectivity index (χ4n) is 4.10. The third-order valence-electron chi connectivity index (χ3n) is 6.41. The minimum atomic E-state index is -3.22. The number of ether oxygens (including phenoxy) is 6. The van der Waals surface area contributed by atoms with E-state index in [-0.39, 0.29) is 12.2 Å². The van der Waals surface area contributed by atoms with E-state index in [4.69, 9.17) is 36.6 Å². The molecule has 0 spiro atoms. The topological polar surface area (TPSA) is 166 Å². The molecule has 0 bridgehead atoms. The number of nitrogens with zero attached hydrogens (tertiary/aromatic N) is 1. The van der Waals surface area contributed by atoms with E-state index in [1.54, 1.807) is 44.2 Å². The van der Waals surface area contributed by atoms with Crippen molar-refractivity contribution in [1.29, 1.82) is 0 Å². The van der Waals surface area contributed by atoms with Crippen LogP contribution in [-0.2, 0) is 44.5 Å². The zero-order valence-corrected chi connectivity index (χ0v) is 24.6. The van der Waals surface area contributed by atoms with Gasteiger partial charge in [0, 0.05) is 20.5 Å². The van der Waals surface area contributed by atoms with Gasteiger partial charge < -0.3 is 33.7 Å². The molecule has 1 aliphatic rings. The van der Waals surface area contributed by atoms with Gasteiger partial charge in [0.15, 0.2) is 29.3 Å². The van der Waals surface area contributed by atoms with Crippen LogP contribution >= 0.6 is 0 Å². The lowest BCUT2D eigenvalue weighted by Crippen LogP contribution is -2.47. The van der Waals surface area contributed by atoms with Crippen LogP contribution in [-0.4, -0.2) is 73.5 Å². The van der Waals surface area contributed by atoms with E-state index in [1.807, 2.05) is 0 Å². The number of rotatable bonds is 11. The summed E-state index contributed by atoms with van der Waals surface area (Å²) in [6, 6.07) is 8.52. The summed E-state index contributed by atoms with van der Waals surface area (Å²) in [5.41, 5.74) is 0.207. The molecule has 1 saturated heterocycles. The second kappa shape index (κ2) is 15.7. The second-order valence-corrected chi connectivity index (χ2v) is 10.0. The van der Waals surface area contributed by atoms with Crippen molar-refractivity contribution in [2.45, 2.75) is 59.1 Å². The van der Waals surface area contributed by atoms with Crippen molar-refractivity contribution in [2.24, 2.45) is 17.8 Å². The van der Waals surface area contributed by atoms with Crippen LogP contribution in [0.1, 0.15) is 58.8 Å². The van der Waals surface area contributed by atoms with Crippen LogP contribution in [0.15, 0.2) is 42.6 Å². The first kappa shape index (κ1) is 25.8. The molecular formula is C31H38N2O11. The summed E-state index contributed by atoms with van der Waals surface area (Å²) in [5, 5.41) is 2.36. The van der Waals surface area contributed by atoms with Gasteiger partial charge in [-0.3, -0.25) is 19.2 Å². The quantitative estimate of drug-likeness (QED) is 0.222. The van der Waals surface area contributed by atoms with E-state index in [1.165, 1.54) is 20.1 Å². The summed E-state index contributed by atoms with van der Waals surface area (Å²) >= 11 is 0. The maximum absolute atomic E-state index is 13.5. The van der Waals surface area contributed by atoms with Gasteiger partial charge in [0.1, 0.15) is 18.6 Å². The van der Waals surface area contributed by atoms with Crippen LogP contribution in [0.2, 0.25) is 0 Å². The highest BCUT2D eigenvalue weighted by Crippen LogP contribution is 2.30. The van der Waals surface area contributed by atoms with Gasteiger partial charge in [-0.25, -0.2) is 9.78 Å². The maximum Gasteiger partial charge on any atom is 0.332 e. The second-order valence-electron chi connectivity index (χ2n) is 10.0. The third-order valence-corrected chi connectivity index (χ3v) is 6.41. The molecular weight excluding hydrogens is 576 g/mol. The summed E-state index contributed by atoms with van der Waals surface area (Å²) in [5.74, 6) is -9.83. The summed E-state index contributed by atoms with van der Waals surface area (Å²) in [6.07, 6.45) is -1.18. The molecule has 2 heterocycles. The van der Waals surface area contributed by atoms with E-state index in [2.05, 4.69) is 10.3 Å². The summed E-state index contributed by atoms with van der Waals surface area (Å²) in [6.45, 7) is -3.54. The lowest BCUT2D eigenvalue weighted by Gasteiger charge is -2.29. The molecule has 44 heavy (non-hydrogen) atoms. The molecule has 0 unspecified atom stereocenters. The zero-order valence-electron chi connectivity index (χ0n) is 30.6. The number of cyclic esters (lactones) is 2. The molecule has 1 fully saturated rings. The average molecular weight is 621 g/mol. The van der Waals surface area contributed by atoms with Gasteiger partial charge >= 0.3 is 23.9 Å². The number of carbonyl (C=O) groups is 5. The van der Waals surface area contributed by atoms with E-state index in [9.17, 15) is 24.0 Å². The Balaban J connectivity index is 1.84. The molecule has 1 amide bonds. The molecule has 4 atom stereocenters. The van der Waals surface area contributed by atoms with Gasteiger partial charge in [-0.05, 0) is 18.9 Å². The lowest BCUT2D eigenvalue weighted by atomic mass is 9.91. The Kier molecular flexibility index (Phi) is 9.20. The lowest BCUT2D eigenvalue weighted by molar-refractivity contribution is -0.176. The number of nitrogens with one attached hydrogen (secondary N) is 1. The minimum absolute atomic E-state index is 0.0765. The highest BCUT2D eigenvalue weighted by molar-refractivity contribution is 5.98. The van der Waals surface area contributed by atoms with Crippen LogP contribution in [0, 0.1) is 17.8 Å². The molecule has 0 radical (unpaired) electrons. The summed E-state index contributed by atoms with van der Waals surface area (Å²) in [4.78, 5) is 69.2. The Morgan fingerprint density at radius 1 is 1.07 bits per heavy atom. The van der Waals surface area contributed by atoms with Gasteiger partial charge in [-0.2, -0.15) is 0 Å². The molecule has 3 rings (SSSR count). The van der Waals surface area contributed by atoms with Crippen molar-refractivity contribution in [3.63, 3.8) is 0 Å². The largest absolute Gasteiger partial charge is 0.493 e. The maximum atomic E-state index is 13.5. The van der Waals surface area contributed by atoms with Crippen LogP contribution in [0.25, 0.3) is 0 Å². The average Bonchev–Trinajstić information content (AvgIpc) is 3.05. The van der Waals surface area contributed by atoms with Crippen LogP contribution in [0.3, 0.4) is 0 Å². The first-order valence-corrected chi connectivity index (χ1v) is 13.6. The monoisotopic (exact) mass is 620 g/mol. The van der Waals surface area contributed by atoms with Gasteiger partial charge in [0.2, 0.25) is 6.79 Å². The van der Waals surface area contributed by atoms with Gasteiger partial charge in [0.25, 0.3) is 5.91 Å². The van der Waals surface area contributed by atoms with Crippen LogP contribution in [0.5, 0.6) is 11.5 Å². The van der Waals surface area contributed by atoms with Crippen molar-refractivity contribution in [3.8, 4) is 11.5 Å². The SMILES string of the molecule is [2H]C([2H])([2H])C(C(=O)OCOc1c(OC)ccnc1C(=O)N[C@H]1COC(=O)[C@H](Cc2ccccc2)[C@@H](OC(=O)C(C)C)[C@H](C)OC1=O)C([2H])([2H])[2H]. The molecule has 1 aromatic carbocycles. The Morgan fingerprint density at radius 2 is 1.80 bits per heavy atom. The summed E-state index contributed by atoms with van der Waals surface area (Å²) < 4.78 is 76.5. The molecule has 2 aromatic rings. The van der Waals surface area contributed by atoms with E-state index in [0.29, 0.717) is 0 Å². The molecule has 1 N–H and O–H groups in total. The van der Waals surface area contributed by atoms with Crippen LogP contribution in [0.4, 0.5) is 0 Å². The number of amides is 1. The van der Waals surface area contributed by atoms with Crippen LogP contribution < -0.4 is 14.8 Å². The number of benzene rings is 1. The third kappa shape index (κ3) is 8.91. The van der Waals surface area contributed by atoms with Gasteiger partial charge in [-0.1, -0.05) is 57.9 Å². The smallest absolute Gasteiger partial charge is 0.332 e. The number of esters is 4. The van der Waals surface area contributed by atoms with Crippen molar-refractivity contribution < 1.29 is 60.6 Å². The summed E-state index contributed by atoms with van der Waals surface area (Å²) in [7, 11) is 1.21. The van der Waals surface area contributed by atoms with E-state index in [0.717, 1.165) is 11.8 Å². The fourth-order valence-corrected chi connectivity index (χ4v) is 4.10. The van der Waals surface area contributed by atoms with Gasteiger partial charge in [-0.15, -0.1) is 0 Å². The molecule has 13 heteroatoms. The Hall–Kier alpha value is -4.68. The number of pyridine rings is 1. The number of methoxy groups -OCH3 is 1. The standard InChI is InChI=1S/C31H38N2O11/c1-17(2)28(35)42-16-41-26-23(39-6)12-13-32-24(26)27(34)33-22-15-40-30(37)21(14-20-10-8-7-9-11-20)25(19(5)43-31(22)38)44-29(36)18(3)4/h7-13,17-19,21-22,25H,14-16H2,1-6H3,(H,33,34)/t19-,21+,22-,25-/m0/s1/i1D3,2D3. The Labute approximate surface area is 263 Å². The van der Waals surface area contributed by atoms with Crippen molar-refractivity contribution in [1.82, 2.24) is 10.3 Å². The Morgan fingerprint density at radius 3 is 2.45 bits per heavy atom. The van der Waals surface area contributed by atoms with Crippen molar-refractivity contribution >= 4 is 29.8 Å². The first-order chi connectivity index (χ1) is 23.3. The number of carbonyl (C=O) groups excluding carboxylic acids is 5. The molecule has 238 valence electrons. The first-order valence-electron chi connectivity index (χ1n) is 16.6. The molecule has 1 aliphatic heterocycles. The molecule has 1 aromatic heterocycles. The van der Waals surface area contributed by atoms with E-state index < -0.39 is 104 Å². The minimum Gasteiger partial charge on any atom is -0.493 e. The fraction of sp³-hybridized carbons (Fsp3) is 0.484. The predicted octanol–water partition coefficient (Wildman–Crippen LogP) is 2.64. The predicted molar refractivity (Wildman–Crippen MR) is 153 cm³/mol. The normalized spacial score (nSPS) is 23.0. The highest BCUT2D eigenvalue weighted by atomic mass is 16.7. The molecule has 13 nitrogen and oxygen atoms in total. The van der Waals surface area contributed by atoms with E-state index >= 15 is 0 Å². The van der Waals surface area contributed by atoms with Crippen molar-refractivity contribution in [2.75, 3.05) is 20.5 Å². The highest BCUT2D eigenvalue weighted by Gasteiger charge is 2.42.